The fourth-order valence-corrected chi connectivity index (χ4v) is 5.57. The molecule has 4 heterocycles. The molecule has 2 aliphatic rings. The van der Waals surface area contributed by atoms with Crippen molar-refractivity contribution < 1.29 is 19.2 Å². The number of benzene rings is 2. The van der Waals surface area contributed by atoms with Crippen molar-refractivity contribution in [1.29, 1.82) is 0 Å². The van der Waals surface area contributed by atoms with Crippen LogP contribution in [0.4, 0.5) is 5.69 Å². The molecular formula is C31H31N7O4. The van der Waals surface area contributed by atoms with Gasteiger partial charge >= 0.3 is 0 Å². The SMILES string of the molecule is Cc1cccc2ncc(-c3cnn(CCCCCCNc4cc5c(cc4C4CCC(=O)NC4=O)C(=O)NC5=O)c3)nc12. The van der Waals surface area contributed by atoms with Gasteiger partial charge in [0, 0.05) is 37.0 Å². The van der Waals surface area contributed by atoms with Crippen LogP contribution in [0.15, 0.2) is 48.9 Å². The third kappa shape index (κ3) is 5.50. The second-order valence-electron chi connectivity index (χ2n) is 10.8. The molecular weight excluding hydrogens is 534 g/mol. The van der Waals surface area contributed by atoms with Crippen molar-refractivity contribution in [2.75, 3.05) is 11.9 Å². The summed E-state index contributed by atoms with van der Waals surface area (Å²) in [6.45, 7) is 3.46. The second-order valence-corrected chi connectivity index (χ2v) is 10.8. The van der Waals surface area contributed by atoms with Gasteiger partial charge < -0.3 is 5.32 Å². The Hall–Kier alpha value is -4.93. The Morgan fingerprint density at radius 3 is 2.62 bits per heavy atom. The largest absolute Gasteiger partial charge is 0.385 e. The lowest BCUT2D eigenvalue weighted by atomic mass is 9.87. The van der Waals surface area contributed by atoms with Crippen LogP contribution in [0.1, 0.15) is 76.3 Å². The zero-order valence-electron chi connectivity index (χ0n) is 23.3. The van der Waals surface area contributed by atoms with Crippen molar-refractivity contribution in [2.24, 2.45) is 0 Å². The highest BCUT2D eigenvalue weighted by molar-refractivity contribution is 6.22. The number of nitrogens with zero attached hydrogens (tertiary/aromatic N) is 4. The number of para-hydroxylation sites is 1. The topological polar surface area (TPSA) is 148 Å². The average molecular weight is 566 g/mol. The number of unbranched alkanes of at least 4 members (excludes halogenated alkanes) is 3. The standard InChI is InChI=1S/C31H31N7O4/c1-18-7-6-8-24-28(18)35-26(16-33-24)19-15-34-38(17-19)12-5-3-2-4-11-32-25-14-23-22(30(41)37-31(23)42)13-21(25)20-9-10-27(39)36-29(20)40/h6-8,13-17,20,32H,2-5,9-12H2,1H3,(H,36,39,40)(H,37,41,42). The molecule has 0 radical (unpaired) electrons. The maximum Gasteiger partial charge on any atom is 0.259 e. The van der Waals surface area contributed by atoms with Gasteiger partial charge in [-0.15, -0.1) is 0 Å². The molecule has 6 rings (SSSR count). The Kier molecular flexibility index (Phi) is 7.47. The van der Waals surface area contributed by atoms with Gasteiger partial charge in [-0.2, -0.15) is 5.10 Å². The molecule has 0 aliphatic carbocycles. The number of nitrogens with one attached hydrogen (secondary N) is 3. The summed E-state index contributed by atoms with van der Waals surface area (Å²) in [7, 11) is 0. The Balaban J connectivity index is 1.02. The predicted octanol–water partition coefficient (Wildman–Crippen LogP) is 3.88. The van der Waals surface area contributed by atoms with E-state index in [1.807, 2.05) is 42.2 Å². The molecule has 11 nitrogen and oxygen atoms in total. The number of imide groups is 2. The number of anilines is 1. The Labute approximate surface area is 242 Å². The van der Waals surface area contributed by atoms with Crippen LogP contribution >= 0.6 is 0 Å². The molecule has 214 valence electrons. The Bertz CT molecular complexity index is 1730. The molecule has 11 heteroatoms. The number of piperidine rings is 1. The number of aromatic nitrogens is 4. The summed E-state index contributed by atoms with van der Waals surface area (Å²) in [6.07, 6.45) is 10.0. The lowest BCUT2D eigenvalue weighted by Gasteiger charge is -2.24. The fraction of sp³-hybridized carbons (Fsp3) is 0.323. The highest BCUT2D eigenvalue weighted by atomic mass is 16.2. The van der Waals surface area contributed by atoms with Gasteiger partial charge in [0.05, 0.1) is 46.2 Å². The molecule has 1 unspecified atom stereocenters. The molecule has 1 fully saturated rings. The van der Waals surface area contributed by atoms with Gasteiger partial charge in [0.2, 0.25) is 11.8 Å². The van der Waals surface area contributed by atoms with Gasteiger partial charge in [-0.25, -0.2) is 4.98 Å². The number of fused-ring (bicyclic) bond motifs is 2. The lowest BCUT2D eigenvalue weighted by Crippen LogP contribution is -2.39. The number of amides is 4. The summed E-state index contributed by atoms with van der Waals surface area (Å²) in [6, 6.07) is 9.23. The van der Waals surface area contributed by atoms with Gasteiger partial charge in [0.15, 0.2) is 0 Å². The fourth-order valence-electron chi connectivity index (χ4n) is 5.57. The third-order valence-electron chi connectivity index (χ3n) is 7.85. The van der Waals surface area contributed by atoms with E-state index in [1.165, 1.54) is 0 Å². The lowest BCUT2D eigenvalue weighted by molar-refractivity contribution is -0.134. The smallest absolute Gasteiger partial charge is 0.259 e. The van der Waals surface area contributed by atoms with Gasteiger partial charge in [-0.1, -0.05) is 25.0 Å². The van der Waals surface area contributed by atoms with E-state index in [1.54, 1.807) is 18.3 Å². The minimum absolute atomic E-state index is 0.227. The van der Waals surface area contributed by atoms with Crippen molar-refractivity contribution >= 4 is 40.3 Å². The number of hydrogen-bond acceptors (Lipinski definition) is 8. The summed E-state index contributed by atoms with van der Waals surface area (Å²) >= 11 is 0. The van der Waals surface area contributed by atoms with E-state index in [2.05, 4.69) is 26.0 Å². The zero-order chi connectivity index (χ0) is 29.2. The minimum Gasteiger partial charge on any atom is -0.385 e. The summed E-state index contributed by atoms with van der Waals surface area (Å²) in [5, 5.41) is 12.6. The summed E-state index contributed by atoms with van der Waals surface area (Å²) < 4.78 is 1.93. The number of carbonyl (C=O) groups is 4. The molecule has 1 atom stereocenters. The molecule has 2 aliphatic heterocycles. The molecule has 0 bridgehead atoms. The van der Waals surface area contributed by atoms with Crippen LogP contribution in [0.25, 0.3) is 22.3 Å². The Morgan fingerprint density at radius 2 is 1.79 bits per heavy atom. The average Bonchev–Trinajstić information content (AvgIpc) is 3.56. The first-order valence-electron chi connectivity index (χ1n) is 14.2. The van der Waals surface area contributed by atoms with Crippen molar-refractivity contribution in [3.63, 3.8) is 0 Å². The number of rotatable bonds is 10. The molecule has 2 aromatic heterocycles. The van der Waals surface area contributed by atoms with Crippen molar-refractivity contribution in [3.8, 4) is 11.3 Å². The maximum atomic E-state index is 12.6. The van der Waals surface area contributed by atoms with Gasteiger partial charge in [-0.05, 0) is 55.5 Å². The maximum absolute atomic E-state index is 12.6. The van der Waals surface area contributed by atoms with Gasteiger partial charge in [-0.3, -0.25) is 39.5 Å². The van der Waals surface area contributed by atoms with Crippen LogP contribution < -0.4 is 16.0 Å². The van der Waals surface area contributed by atoms with Crippen LogP contribution in [0.2, 0.25) is 0 Å². The van der Waals surface area contributed by atoms with E-state index in [-0.39, 0.29) is 23.8 Å². The van der Waals surface area contributed by atoms with Crippen molar-refractivity contribution in [2.45, 2.75) is 57.9 Å². The van der Waals surface area contributed by atoms with Crippen LogP contribution in [0.5, 0.6) is 0 Å². The van der Waals surface area contributed by atoms with E-state index in [9.17, 15) is 19.2 Å². The molecule has 2 aromatic carbocycles. The van der Waals surface area contributed by atoms with Crippen molar-refractivity contribution in [1.82, 2.24) is 30.4 Å². The molecule has 0 spiro atoms. The summed E-state index contributed by atoms with van der Waals surface area (Å²) in [5.41, 5.74) is 6.44. The number of hydrogen-bond donors (Lipinski definition) is 3. The Morgan fingerprint density at radius 1 is 0.976 bits per heavy atom. The van der Waals surface area contributed by atoms with Crippen LogP contribution in [0, 0.1) is 6.92 Å². The van der Waals surface area contributed by atoms with Crippen LogP contribution in [-0.4, -0.2) is 49.9 Å². The normalized spacial score (nSPS) is 16.5. The summed E-state index contributed by atoms with van der Waals surface area (Å²) in [5.74, 6) is -2.17. The van der Waals surface area contributed by atoms with E-state index >= 15 is 0 Å². The summed E-state index contributed by atoms with van der Waals surface area (Å²) in [4.78, 5) is 58.0. The molecule has 0 saturated carbocycles. The highest BCUT2D eigenvalue weighted by Crippen LogP contribution is 2.34. The number of aryl methyl sites for hydroxylation is 2. The molecule has 4 aromatic rings. The predicted molar refractivity (Wildman–Crippen MR) is 156 cm³/mol. The van der Waals surface area contributed by atoms with Crippen molar-refractivity contribution in [3.05, 3.63) is 71.2 Å². The van der Waals surface area contributed by atoms with Crippen LogP contribution in [-0.2, 0) is 16.1 Å². The minimum atomic E-state index is -0.567. The van der Waals surface area contributed by atoms with E-state index in [4.69, 9.17) is 4.98 Å². The van der Waals surface area contributed by atoms with E-state index in [0.717, 1.165) is 60.1 Å². The molecule has 4 amide bonds. The van der Waals surface area contributed by atoms with E-state index in [0.29, 0.717) is 29.8 Å². The monoisotopic (exact) mass is 565 g/mol. The first-order valence-corrected chi connectivity index (χ1v) is 14.2. The zero-order valence-corrected chi connectivity index (χ0v) is 23.3. The second kappa shape index (κ2) is 11.5. The van der Waals surface area contributed by atoms with Gasteiger partial charge in [0.1, 0.15) is 0 Å². The van der Waals surface area contributed by atoms with E-state index < -0.39 is 17.7 Å². The highest BCUT2D eigenvalue weighted by Gasteiger charge is 2.34. The van der Waals surface area contributed by atoms with Gasteiger partial charge in [0.25, 0.3) is 11.8 Å². The molecule has 42 heavy (non-hydrogen) atoms. The third-order valence-corrected chi connectivity index (χ3v) is 7.85. The first kappa shape index (κ1) is 27.3. The molecule has 1 saturated heterocycles. The number of carbonyl (C=O) groups excluding carboxylic acids is 4. The van der Waals surface area contributed by atoms with Crippen LogP contribution in [0.3, 0.4) is 0 Å². The molecule has 3 N–H and O–H groups in total. The quantitative estimate of drug-likeness (QED) is 0.194. The first-order chi connectivity index (χ1) is 20.4.